The average Bonchev–Trinajstić information content (AvgIpc) is 2.89. The van der Waals surface area contributed by atoms with E-state index in [0.29, 0.717) is 19.0 Å². The fourth-order valence-electron chi connectivity index (χ4n) is 3.19. The molecule has 0 bridgehead atoms. The third-order valence-electron chi connectivity index (χ3n) is 4.60. The third-order valence-corrected chi connectivity index (χ3v) is 4.60. The van der Waals surface area contributed by atoms with Crippen LogP contribution < -0.4 is 5.32 Å². The molecule has 1 aliphatic rings. The number of carbonyl (C=O) groups is 2. The van der Waals surface area contributed by atoms with Gasteiger partial charge in [0.25, 0.3) is 5.91 Å². The molecule has 0 aliphatic heterocycles. The van der Waals surface area contributed by atoms with Gasteiger partial charge < -0.3 is 10.1 Å². The number of aryl methyl sites for hydroxylation is 3. The largest absolute Gasteiger partial charge is 0.452 e. The summed E-state index contributed by atoms with van der Waals surface area (Å²) in [5, 5.41) is 7.22. The second-order valence-corrected chi connectivity index (χ2v) is 6.78. The SMILES string of the molecule is Cc1cc(C)n(CCC(=O)OC(C)C(=O)NCC2CCCCC2)n1. The van der Waals surface area contributed by atoms with Crippen molar-refractivity contribution in [3.05, 3.63) is 17.5 Å². The highest BCUT2D eigenvalue weighted by molar-refractivity contribution is 5.83. The number of ether oxygens (including phenoxy) is 1. The van der Waals surface area contributed by atoms with Crippen molar-refractivity contribution in [2.75, 3.05) is 6.54 Å². The highest BCUT2D eigenvalue weighted by atomic mass is 16.5. The first-order valence-electron chi connectivity index (χ1n) is 8.94. The maximum atomic E-state index is 12.0. The molecule has 1 amide bonds. The molecule has 0 aromatic carbocycles. The molecule has 6 heteroatoms. The van der Waals surface area contributed by atoms with Gasteiger partial charge in [0, 0.05) is 12.2 Å². The summed E-state index contributed by atoms with van der Waals surface area (Å²) in [5.74, 6) is -0.0143. The normalized spacial score (nSPS) is 16.6. The first kappa shape index (κ1) is 18.5. The molecule has 0 spiro atoms. The Morgan fingerprint density at radius 1 is 1.33 bits per heavy atom. The Balaban J connectivity index is 1.68. The van der Waals surface area contributed by atoms with Crippen LogP contribution in [0.2, 0.25) is 0 Å². The van der Waals surface area contributed by atoms with Gasteiger partial charge >= 0.3 is 5.97 Å². The Bertz CT molecular complexity index is 562. The molecule has 0 saturated heterocycles. The van der Waals surface area contributed by atoms with E-state index in [1.54, 1.807) is 11.6 Å². The van der Waals surface area contributed by atoms with Gasteiger partial charge in [-0.15, -0.1) is 0 Å². The number of aromatic nitrogens is 2. The van der Waals surface area contributed by atoms with Crippen LogP contribution in [0.4, 0.5) is 0 Å². The van der Waals surface area contributed by atoms with Gasteiger partial charge in [-0.3, -0.25) is 14.3 Å². The van der Waals surface area contributed by atoms with Crippen molar-refractivity contribution >= 4 is 11.9 Å². The van der Waals surface area contributed by atoms with Crippen LogP contribution in [0.25, 0.3) is 0 Å². The molecule has 1 aliphatic carbocycles. The Morgan fingerprint density at radius 3 is 2.67 bits per heavy atom. The van der Waals surface area contributed by atoms with Crippen molar-refractivity contribution in [3.63, 3.8) is 0 Å². The lowest BCUT2D eigenvalue weighted by atomic mass is 9.89. The zero-order valence-corrected chi connectivity index (χ0v) is 15.0. The zero-order valence-electron chi connectivity index (χ0n) is 15.0. The van der Waals surface area contributed by atoms with Crippen molar-refractivity contribution in [2.45, 2.75) is 71.9 Å². The maximum absolute atomic E-state index is 12.0. The molecule has 1 fully saturated rings. The van der Waals surface area contributed by atoms with Crippen LogP contribution >= 0.6 is 0 Å². The number of nitrogens with zero attached hydrogens (tertiary/aromatic N) is 2. The number of amides is 1. The van der Waals surface area contributed by atoms with Crippen LogP contribution in [0, 0.1) is 19.8 Å². The predicted octanol–water partition coefficient (Wildman–Crippen LogP) is 2.52. The molecule has 6 nitrogen and oxygen atoms in total. The van der Waals surface area contributed by atoms with E-state index in [9.17, 15) is 9.59 Å². The summed E-state index contributed by atoms with van der Waals surface area (Å²) in [4.78, 5) is 24.0. The van der Waals surface area contributed by atoms with E-state index in [1.807, 2.05) is 19.9 Å². The zero-order chi connectivity index (χ0) is 17.5. The van der Waals surface area contributed by atoms with Crippen molar-refractivity contribution in [1.82, 2.24) is 15.1 Å². The number of esters is 1. The van der Waals surface area contributed by atoms with Gasteiger partial charge in [0.05, 0.1) is 18.7 Å². The van der Waals surface area contributed by atoms with E-state index in [4.69, 9.17) is 4.74 Å². The third kappa shape index (κ3) is 5.65. The van der Waals surface area contributed by atoms with Crippen molar-refractivity contribution in [2.24, 2.45) is 5.92 Å². The van der Waals surface area contributed by atoms with Gasteiger partial charge in [0.15, 0.2) is 6.10 Å². The van der Waals surface area contributed by atoms with Gasteiger partial charge in [0.2, 0.25) is 0 Å². The molecule has 1 atom stereocenters. The Labute approximate surface area is 143 Å². The lowest BCUT2D eigenvalue weighted by Gasteiger charge is -2.22. The summed E-state index contributed by atoms with van der Waals surface area (Å²) < 4.78 is 7.01. The van der Waals surface area contributed by atoms with Gasteiger partial charge in [-0.25, -0.2) is 0 Å². The fraction of sp³-hybridized carbons (Fsp3) is 0.722. The molecule has 1 unspecified atom stereocenters. The van der Waals surface area contributed by atoms with E-state index in [2.05, 4.69) is 10.4 Å². The molecule has 1 aromatic heterocycles. The molecule has 1 saturated carbocycles. The summed E-state index contributed by atoms with van der Waals surface area (Å²) in [6.07, 6.45) is 5.61. The van der Waals surface area contributed by atoms with Gasteiger partial charge in [-0.05, 0) is 45.6 Å². The second-order valence-electron chi connectivity index (χ2n) is 6.78. The summed E-state index contributed by atoms with van der Waals surface area (Å²) in [6, 6.07) is 1.96. The second kappa shape index (κ2) is 8.85. The summed E-state index contributed by atoms with van der Waals surface area (Å²) in [6.45, 7) is 6.64. The Kier molecular flexibility index (Phi) is 6.82. The smallest absolute Gasteiger partial charge is 0.308 e. The highest BCUT2D eigenvalue weighted by Gasteiger charge is 2.20. The summed E-state index contributed by atoms with van der Waals surface area (Å²) in [5.41, 5.74) is 1.94. The van der Waals surface area contributed by atoms with Crippen molar-refractivity contribution in [1.29, 1.82) is 0 Å². The minimum absolute atomic E-state index is 0.208. The van der Waals surface area contributed by atoms with Crippen LogP contribution in [0.5, 0.6) is 0 Å². The van der Waals surface area contributed by atoms with Gasteiger partial charge in [-0.2, -0.15) is 5.10 Å². The molecule has 1 N–H and O–H groups in total. The number of nitrogens with one attached hydrogen (secondary N) is 1. The summed E-state index contributed by atoms with van der Waals surface area (Å²) >= 11 is 0. The van der Waals surface area contributed by atoms with Crippen molar-refractivity contribution in [3.8, 4) is 0 Å². The molecular weight excluding hydrogens is 306 g/mol. The fourth-order valence-corrected chi connectivity index (χ4v) is 3.19. The van der Waals surface area contributed by atoms with Crippen LogP contribution in [0.1, 0.15) is 56.8 Å². The molecule has 2 rings (SSSR count). The van der Waals surface area contributed by atoms with Crippen LogP contribution in [-0.4, -0.2) is 34.3 Å². The van der Waals surface area contributed by atoms with E-state index in [-0.39, 0.29) is 18.3 Å². The quantitative estimate of drug-likeness (QED) is 0.777. The van der Waals surface area contributed by atoms with E-state index >= 15 is 0 Å². The lowest BCUT2D eigenvalue weighted by molar-refractivity contribution is -0.155. The summed E-state index contributed by atoms with van der Waals surface area (Å²) in [7, 11) is 0. The minimum atomic E-state index is -0.749. The average molecular weight is 335 g/mol. The Morgan fingerprint density at radius 2 is 2.04 bits per heavy atom. The van der Waals surface area contributed by atoms with Gasteiger partial charge in [0.1, 0.15) is 0 Å². The maximum Gasteiger partial charge on any atom is 0.308 e. The first-order valence-corrected chi connectivity index (χ1v) is 8.94. The predicted molar refractivity (Wildman–Crippen MR) is 91.5 cm³/mol. The van der Waals surface area contributed by atoms with Crippen LogP contribution in [0.3, 0.4) is 0 Å². The van der Waals surface area contributed by atoms with Crippen LogP contribution in [-0.2, 0) is 20.9 Å². The lowest BCUT2D eigenvalue weighted by Crippen LogP contribution is -2.38. The van der Waals surface area contributed by atoms with E-state index in [0.717, 1.165) is 11.4 Å². The first-order chi connectivity index (χ1) is 11.5. The Hall–Kier alpha value is -1.85. The van der Waals surface area contributed by atoms with Crippen LogP contribution in [0.15, 0.2) is 6.07 Å². The van der Waals surface area contributed by atoms with Crippen molar-refractivity contribution < 1.29 is 14.3 Å². The number of carbonyl (C=O) groups excluding carboxylic acids is 2. The molecule has 134 valence electrons. The molecule has 1 heterocycles. The molecular formula is C18H29N3O3. The molecule has 1 aromatic rings. The van der Waals surface area contributed by atoms with Gasteiger partial charge in [-0.1, -0.05) is 19.3 Å². The molecule has 24 heavy (non-hydrogen) atoms. The minimum Gasteiger partial charge on any atom is -0.452 e. The number of rotatable bonds is 7. The monoisotopic (exact) mass is 335 g/mol. The number of hydrogen-bond acceptors (Lipinski definition) is 4. The topological polar surface area (TPSA) is 73.2 Å². The standard InChI is InChI=1S/C18H29N3O3/c1-13-11-14(2)21(20-13)10-9-17(22)24-15(3)18(23)19-12-16-7-5-4-6-8-16/h11,15-16H,4-10,12H2,1-3H3,(H,19,23). The highest BCUT2D eigenvalue weighted by Crippen LogP contribution is 2.22. The van der Waals surface area contributed by atoms with E-state index < -0.39 is 6.10 Å². The molecule has 0 radical (unpaired) electrons. The number of hydrogen-bond donors (Lipinski definition) is 1. The van der Waals surface area contributed by atoms with E-state index in [1.165, 1.54) is 32.1 Å².